The summed E-state index contributed by atoms with van der Waals surface area (Å²) in [7, 11) is 0. The Kier molecular flexibility index (Phi) is 4.01. The number of hydrogen-bond acceptors (Lipinski definition) is 2. The second kappa shape index (κ2) is 5.92. The van der Waals surface area contributed by atoms with Crippen LogP contribution in [0.2, 0.25) is 5.02 Å². The molecule has 0 spiro atoms. The molecule has 0 saturated carbocycles. The van der Waals surface area contributed by atoms with Crippen LogP contribution in [0.1, 0.15) is 30.4 Å². The van der Waals surface area contributed by atoms with Gasteiger partial charge >= 0.3 is 0 Å². The van der Waals surface area contributed by atoms with Crippen LogP contribution in [-0.2, 0) is 13.0 Å². The van der Waals surface area contributed by atoms with Crippen LogP contribution in [0.15, 0.2) is 17.1 Å². The first-order chi connectivity index (χ1) is 9.74. The second-order valence-electron chi connectivity index (χ2n) is 5.37. The SMILES string of the molecule is NC(=NCc1cc(Cl)cc2c1OCC2)N1CCCCC1. The van der Waals surface area contributed by atoms with Crippen LogP contribution >= 0.6 is 11.6 Å². The summed E-state index contributed by atoms with van der Waals surface area (Å²) in [4.78, 5) is 6.68. The van der Waals surface area contributed by atoms with Gasteiger partial charge in [-0.05, 0) is 37.0 Å². The lowest BCUT2D eigenvalue weighted by Gasteiger charge is -2.27. The van der Waals surface area contributed by atoms with Crippen LogP contribution in [0.3, 0.4) is 0 Å². The number of guanidine groups is 1. The smallest absolute Gasteiger partial charge is 0.191 e. The van der Waals surface area contributed by atoms with Crippen LogP contribution in [0.25, 0.3) is 0 Å². The van der Waals surface area contributed by atoms with Crippen molar-refractivity contribution in [2.75, 3.05) is 19.7 Å². The van der Waals surface area contributed by atoms with Gasteiger partial charge in [-0.3, -0.25) is 0 Å². The average Bonchev–Trinajstić information content (AvgIpc) is 2.93. The lowest BCUT2D eigenvalue weighted by atomic mass is 10.1. The zero-order chi connectivity index (χ0) is 13.9. The van der Waals surface area contributed by atoms with Crippen molar-refractivity contribution in [3.05, 3.63) is 28.3 Å². The first-order valence-electron chi connectivity index (χ1n) is 7.23. The number of rotatable bonds is 2. The maximum Gasteiger partial charge on any atom is 0.191 e. The molecule has 3 rings (SSSR count). The molecule has 20 heavy (non-hydrogen) atoms. The predicted molar refractivity (Wildman–Crippen MR) is 81.4 cm³/mol. The molecule has 1 aromatic carbocycles. The van der Waals surface area contributed by atoms with E-state index in [1.54, 1.807) is 0 Å². The largest absolute Gasteiger partial charge is 0.493 e. The Hall–Kier alpha value is -1.42. The Labute approximate surface area is 124 Å². The fourth-order valence-electron chi connectivity index (χ4n) is 2.85. The summed E-state index contributed by atoms with van der Waals surface area (Å²) in [5.41, 5.74) is 8.29. The summed E-state index contributed by atoms with van der Waals surface area (Å²) in [6.07, 6.45) is 4.62. The van der Waals surface area contributed by atoms with Gasteiger partial charge in [0.05, 0.1) is 13.2 Å². The Morgan fingerprint density at radius 2 is 2.10 bits per heavy atom. The molecule has 1 fully saturated rings. The van der Waals surface area contributed by atoms with E-state index in [1.807, 2.05) is 12.1 Å². The molecule has 1 aromatic rings. The minimum atomic E-state index is 0.533. The van der Waals surface area contributed by atoms with Crippen molar-refractivity contribution in [2.24, 2.45) is 10.7 Å². The van der Waals surface area contributed by atoms with E-state index >= 15 is 0 Å². The lowest BCUT2D eigenvalue weighted by molar-refractivity contribution is 0.337. The monoisotopic (exact) mass is 293 g/mol. The lowest BCUT2D eigenvalue weighted by Crippen LogP contribution is -2.40. The van der Waals surface area contributed by atoms with Gasteiger partial charge in [0.1, 0.15) is 5.75 Å². The molecule has 0 aliphatic carbocycles. The van der Waals surface area contributed by atoms with E-state index in [-0.39, 0.29) is 0 Å². The van der Waals surface area contributed by atoms with E-state index in [4.69, 9.17) is 22.1 Å². The molecule has 2 aliphatic rings. The number of halogens is 1. The second-order valence-corrected chi connectivity index (χ2v) is 5.81. The third-order valence-electron chi connectivity index (χ3n) is 3.92. The van der Waals surface area contributed by atoms with Crippen LogP contribution in [0.5, 0.6) is 5.75 Å². The fraction of sp³-hybridized carbons (Fsp3) is 0.533. The van der Waals surface area contributed by atoms with Gasteiger partial charge in [0.15, 0.2) is 5.96 Å². The van der Waals surface area contributed by atoms with Crippen molar-refractivity contribution in [3.63, 3.8) is 0 Å². The van der Waals surface area contributed by atoms with Gasteiger partial charge in [0, 0.05) is 30.1 Å². The van der Waals surface area contributed by atoms with Crippen molar-refractivity contribution in [2.45, 2.75) is 32.2 Å². The van der Waals surface area contributed by atoms with E-state index in [0.717, 1.165) is 42.5 Å². The van der Waals surface area contributed by atoms with E-state index in [9.17, 15) is 0 Å². The van der Waals surface area contributed by atoms with E-state index in [0.29, 0.717) is 12.5 Å². The first-order valence-corrected chi connectivity index (χ1v) is 7.61. The van der Waals surface area contributed by atoms with Crippen molar-refractivity contribution in [1.29, 1.82) is 0 Å². The standard InChI is InChI=1S/C15H20ClN3O/c16-13-8-11-4-7-20-14(11)12(9-13)10-18-15(17)19-5-2-1-3-6-19/h8-9H,1-7,10H2,(H2,17,18). The van der Waals surface area contributed by atoms with Crippen molar-refractivity contribution >= 4 is 17.6 Å². The third kappa shape index (κ3) is 2.85. The maximum absolute atomic E-state index is 6.15. The average molecular weight is 294 g/mol. The Morgan fingerprint density at radius 3 is 2.90 bits per heavy atom. The summed E-state index contributed by atoms with van der Waals surface area (Å²) in [5.74, 6) is 1.58. The molecule has 0 aromatic heterocycles. The molecule has 2 heterocycles. The molecule has 5 heteroatoms. The predicted octanol–water partition coefficient (Wildman–Crippen LogP) is 2.58. The minimum Gasteiger partial charge on any atom is -0.493 e. The minimum absolute atomic E-state index is 0.533. The van der Waals surface area contributed by atoms with Crippen molar-refractivity contribution < 1.29 is 4.74 Å². The molecule has 4 nitrogen and oxygen atoms in total. The van der Waals surface area contributed by atoms with Crippen LogP contribution < -0.4 is 10.5 Å². The number of benzene rings is 1. The van der Waals surface area contributed by atoms with Gasteiger partial charge in [-0.1, -0.05) is 11.6 Å². The molecule has 0 radical (unpaired) electrons. The maximum atomic E-state index is 6.15. The number of fused-ring (bicyclic) bond motifs is 1. The van der Waals surface area contributed by atoms with Gasteiger partial charge in [0.2, 0.25) is 0 Å². The number of nitrogens with zero attached hydrogens (tertiary/aromatic N) is 2. The third-order valence-corrected chi connectivity index (χ3v) is 4.14. The highest BCUT2D eigenvalue weighted by Gasteiger charge is 2.18. The molecule has 2 N–H and O–H groups in total. The van der Waals surface area contributed by atoms with Crippen molar-refractivity contribution in [1.82, 2.24) is 4.90 Å². The molecular weight excluding hydrogens is 274 g/mol. The van der Waals surface area contributed by atoms with Crippen LogP contribution in [0.4, 0.5) is 0 Å². The molecule has 1 saturated heterocycles. The highest BCUT2D eigenvalue weighted by Crippen LogP contribution is 2.33. The summed E-state index contributed by atoms with van der Waals surface area (Å²) < 4.78 is 5.68. The molecule has 0 atom stereocenters. The molecule has 108 valence electrons. The Morgan fingerprint density at radius 1 is 1.30 bits per heavy atom. The first kappa shape index (κ1) is 13.6. The molecular formula is C15H20ClN3O. The summed E-state index contributed by atoms with van der Waals surface area (Å²) in [6, 6.07) is 3.91. The van der Waals surface area contributed by atoms with Crippen LogP contribution in [0, 0.1) is 0 Å². The highest BCUT2D eigenvalue weighted by atomic mass is 35.5. The number of nitrogens with two attached hydrogens (primary N) is 1. The number of likely N-dealkylation sites (tertiary alicyclic amines) is 1. The van der Waals surface area contributed by atoms with E-state index in [2.05, 4.69) is 9.89 Å². The van der Waals surface area contributed by atoms with Gasteiger partial charge in [0.25, 0.3) is 0 Å². The summed E-state index contributed by atoms with van der Waals surface area (Å²) >= 11 is 6.15. The van der Waals surface area contributed by atoms with Gasteiger partial charge in [-0.25, -0.2) is 4.99 Å². The fourth-order valence-corrected chi connectivity index (χ4v) is 3.12. The molecule has 0 bridgehead atoms. The number of ether oxygens (including phenoxy) is 1. The quantitative estimate of drug-likeness (QED) is 0.673. The topological polar surface area (TPSA) is 50.9 Å². The zero-order valence-corrected chi connectivity index (χ0v) is 12.3. The Balaban J connectivity index is 1.74. The number of hydrogen-bond donors (Lipinski definition) is 1. The molecule has 2 aliphatic heterocycles. The van der Waals surface area contributed by atoms with Gasteiger partial charge in [-0.2, -0.15) is 0 Å². The zero-order valence-electron chi connectivity index (χ0n) is 11.6. The van der Waals surface area contributed by atoms with E-state index < -0.39 is 0 Å². The van der Waals surface area contributed by atoms with E-state index in [1.165, 1.54) is 24.8 Å². The summed E-state index contributed by atoms with van der Waals surface area (Å²) in [6.45, 7) is 3.29. The van der Waals surface area contributed by atoms with Gasteiger partial charge in [-0.15, -0.1) is 0 Å². The Bertz CT molecular complexity index is 524. The summed E-state index contributed by atoms with van der Waals surface area (Å²) in [5, 5.41) is 0.746. The van der Waals surface area contributed by atoms with Crippen molar-refractivity contribution in [3.8, 4) is 5.75 Å². The van der Waals surface area contributed by atoms with Crippen LogP contribution in [-0.4, -0.2) is 30.6 Å². The molecule has 0 unspecified atom stereocenters. The van der Waals surface area contributed by atoms with Gasteiger partial charge < -0.3 is 15.4 Å². The number of piperidine rings is 1. The highest BCUT2D eigenvalue weighted by molar-refractivity contribution is 6.30. The number of aliphatic imine (C=N–C) groups is 1. The molecule has 0 amide bonds. The normalized spacial score (nSPS) is 18.9.